The van der Waals surface area contributed by atoms with Crippen LogP contribution < -0.4 is 5.32 Å². The van der Waals surface area contributed by atoms with E-state index in [0.29, 0.717) is 31.7 Å². The van der Waals surface area contributed by atoms with Crippen LogP contribution in [-0.2, 0) is 20.9 Å². The van der Waals surface area contributed by atoms with Crippen molar-refractivity contribution in [3.8, 4) is 0 Å². The number of carboxylic acid groups (broad SMARTS) is 1. The quantitative estimate of drug-likeness (QED) is 0.752. The molecule has 1 atom stereocenters. The van der Waals surface area contributed by atoms with Crippen LogP contribution in [0.2, 0.25) is 0 Å². The summed E-state index contributed by atoms with van der Waals surface area (Å²) in [6.07, 6.45) is 2.56. The van der Waals surface area contributed by atoms with Gasteiger partial charge in [0, 0.05) is 19.5 Å². The van der Waals surface area contributed by atoms with Gasteiger partial charge >= 0.3 is 5.97 Å². The average Bonchev–Trinajstić information content (AvgIpc) is 3.19. The summed E-state index contributed by atoms with van der Waals surface area (Å²) >= 11 is 0. The molecule has 7 heteroatoms. The van der Waals surface area contributed by atoms with Gasteiger partial charge in [0.05, 0.1) is 24.1 Å². The Hall–Kier alpha value is -2.31. The molecule has 7 nitrogen and oxygen atoms in total. The monoisotopic (exact) mass is 336 g/mol. The number of nitrogens with one attached hydrogen (secondary N) is 1. The van der Waals surface area contributed by atoms with Crippen LogP contribution in [0.25, 0.3) is 0 Å². The van der Waals surface area contributed by atoms with Crippen LogP contribution in [0, 0.1) is 11.3 Å². The molecule has 1 aliphatic rings. The lowest BCUT2D eigenvalue weighted by atomic mass is 9.82. The van der Waals surface area contributed by atoms with Crippen molar-refractivity contribution < 1.29 is 23.9 Å². The van der Waals surface area contributed by atoms with Crippen LogP contribution >= 0.6 is 0 Å². The molecule has 0 bridgehead atoms. The zero-order valence-electron chi connectivity index (χ0n) is 14.1. The Morgan fingerprint density at radius 1 is 1.42 bits per heavy atom. The minimum absolute atomic E-state index is 0.0804. The molecule has 1 unspecified atom stereocenters. The van der Waals surface area contributed by atoms with E-state index >= 15 is 0 Å². The molecule has 2 amide bonds. The molecule has 1 aromatic heterocycles. The number of aliphatic carboxylic acids is 1. The molecule has 0 saturated carbocycles. The second-order valence-electron chi connectivity index (χ2n) is 6.27. The number of carboxylic acids is 1. The summed E-state index contributed by atoms with van der Waals surface area (Å²) in [4.78, 5) is 37.4. The standard InChI is InChI=1S/C17H24N2O5/c1-3-17(4-2,16(22)23)11-18-15(21)12-8-14(20)19(9-12)10-13-6-5-7-24-13/h5-7,12H,3-4,8-11H2,1-2H3,(H,18,21)(H,22,23). The number of carbonyl (C=O) groups is 3. The van der Waals surface area contributed by atoms with Gasteiger partial charge in [0.15, 0.2) is 0 Å². The second-order valence-corrected chi connectivity index (χ2v) is 6.27. The average molecular weight is 336 g/mol. The third-order valence-corrected chi connectivity index (χ3v) is 4.92. The predicted molar refractivity (Wildman–Crippen MR) is 85.9 cm³/mol. The number of rotatable bonds is 8. The molecule has 1 aromatic rings. The largest absolute Gasteiger partial charge is 0.481 e. The fraction of sp³-hybridized carbons (Fsp3) is 0.588. The SMILES string of the molecule is CCC(CC)(CNC(=O)C1CC(=O)N(Cc2ccco2)C1)C(=O)O. The van der Waals surface area contributed by atoms with Crippen molar-refractivity contribution in [2.75, 3.05) is 13.1 Å². The number of hydrogen-bond acceptors (Lipinski definition) is 4. The molecule has 1 saturated heterocycles. The molecule has 0 spiro atoms. The van der Waals surface area contributed by atoms with Gasteiger partial charge in [-0.05, 0) is 25.0 Å². The van der Waals surface area contributed by atoms with Gasteiger partial charge in [-0.25, -0.2) is 0 Å². The molecular formula is C17H24N2O5. The highest BCUT2D eigenvalue weighted by Crippen LogP contribution is 2.26. The van der Waals surface area contributed by atoms with Crippen molar-refractivity contribution in [3.63, 3.8) is 0 Å². The van der Waals surface area contributed by atoms with Gasteiger partial charge < -0.3 is 19.7 Å². The summed E-state index contributed by atoms with van der Waals surface area (Å²) < 4.78 is 5.23. The second kappa shape index (κ2) is 7.51. The van der Waals surface area contributed by atoms with Gasteiger partial charge in [0.2, 0.25) is 11.8 Å². The topological polar surface area (TPSA) is 99.9 Å². The summed E-state index contributed by atoms with van der Waals surface area (Å²) in [5.74, 6) is -1.05. The molecular weight excluding hydrogens is 312 g/mol. The molecule has 1 aliphatic heterocycles. The van der Waals surface area contributed by atoms with Gasteiger partial charge in [-0.2, -0.15) is 0 Å². The summed E-state index contributed by atoms with van der Waals surface area (Å²) in [5.41, 5.74) is -0.952. The Labute approximate surface area is 141 Å². The van der Waals surface area contributed by atoms with Crippen molar-refractivity contribution >= 4 is 17.8 Å². The fourth-order valence-electron chi connectivity index (χ4n) is 2.97. The van der Waals surface area contributed by atoms with E-state index in [0.717, 1.165) is 0 Å². The van der Waals surface area contributed by atoms with Crippen LogP contribution in [0.1, 0.15) is 38.9 Å². The Morgan fingerprint density at radius 2 is 2.12 bits per heavy atom. The first-order valence-corrected chi connectivity index (χ1v) is 8.23. The van der Waals surface area contributed by atoms with Crippen molar-refractivity contribution in [3.05, 3.63) is 24.2 Å². The molecule has 1 fully saturated rings. The third-order valence-electron chi connectivity index (χ3n) is 4.92. The van der Waals surface area contributed by atoms with Gasteiger partial charge in [0.1, 0.15) is 5.76 Å². The van der Waals surface area contributed by atoms with Crippen molar-refractivity contribution in [1.29, 1.82) is 0 Å². The number of likely N-dealkylation sites (tertiary alicyclic amines) is 1. The highest BCUT2D eigenvalue weighted by atomic mass is 16.4. The lowest BCUT2D eigenvalue weighted by Gasteiger charge is -2.27. The van der Waals surface area contributed by atoms with Crippen molar-refractivity contribution in [2.45, 2.75) is 39.7 Å². The maximum atomic E-state index is 12.3. The van der Waals surface area contributed by atoms with Crippen LogP contribution in [0.4, 0.5) is 0 Å². The van der Waals surface area contributed by atoms with Crippen LogP contribution in [-0.4, -0.2) is 40.9 Å². The number of furan rings is 1. The zero-order valence-corrected chi connectivity index (χ0v) is 14.1. The summed E-state index contributed by atoms with van der Waals surface area (Å²) in [7, 11) is 0. The van der Waals surface area contributed by atoms with Gasteiger partial charge in [-0.3, -0.25) is 14.4 Å². The Kier molecular flexibility index (Phi) is 5.64. The first-order chi connectivity index (χ1) is 11.4. The molecule has 0 aromatic carbocycles. The highest BCUT2D eigenvalue weighted by molar-refractivity contribution is 5.89. The number of hydrogen-bond donors (Lipinski definition) is 2. The normalized spacial score (nSPS) is 18.0. The summed E-state index contributed by atoms with van der Waals surface area (Å²) in [5, 5.41) is 12.1. The molecule has 2 rings (SSSR count). The maximum absolute atomic E-state index is 12.3. The first-order valence-electron chi connectivity index (χ1n) is 8.23. The lowest BCUT2D eigenvalue weighted by molar-refractivity contribution is -0.149. The van der Waals surface area contributed by atoms with Crippen LogP contribution in [0.5, 0.6) is 0 Å². The number of amides is 2. The zero-order chi connectivity index (χ0) is 17.7. The number of carbonyl (C=O) groups excluding carboxylic acids is 2. The lowest BCUT2D eigenvalue weighted by Crippen LogP contribution is -2.44. The van der Waals surface area contributed by atoms with Gasteiger partial charge in [-0.1, -0.05) is 13.8 Å². The molecule has 132 valence electrons. The van der Waals surface area contributed by atoms with Gasteiger partial charge in [0.25, 0.3) is 0 Å². The number of nitrogens with zero attached hydrogens (tertiary/aromatic N) is 1. The predicted octanol–water partition coefficient (Wildman–Crippen LogP) is 1.64. The Morgan fingerprint density at radius 3 is 2.67 bits per heavy atom. The molecule has 0 aliphatic carbocycles. The van der Waals surface area contributed by atoms with E-state index in [2.05, 4.69) is 5.32 Å². The van der Waals surface area contributed by atoms with E-state index in [9.17, 15) is 19.5 Å². The fourth-order valence-corrected chi connectivity index (χ4v) is 2.97. The minimum atomic E-state index is -0.952. The van der Waals surface area contributed by atoms with E-state index in [1.807, 2.05) is 0 Å². The molecule has 2 heterocycles. The van der Waals surface area contributed by atoms with E-state index in [1.165, 1.54) is 0 Å². The Bertz CT molecular complexity index is 592. The van der Waals surface area contributed by atoms with E-state index in [4.69, 9.17) is 4.42 Å². The molecule has 0 radical (unpaired) electrons. The molecule has 24 heavy (non-hydrogen) atoms. The van der Waals surface area contributed by atoms with Crippen molar-refractivity contribution in [1.82, 2.24) is 10.2 Å². The smallest absolute Gasteiger partial charge is 0.311 e. The first kappa shape index (κ1) is 18.0. The van der Waals surface area contributed by atoms with E-state index in [1.54, 1.807) is 37.1 Å². The van der Waals surface area contributed by atoms with Crippen LogP contribution in [0.15, 0.2) is 22.8 Å². The van der Waals surface area contributed by atoms with Gasteiger partial charge in [-0.15, -0.1) is 0 Å². The third kappa shape index (κ3) is 3.77. The minimum Gasteiger partial charge on any atom is -0.481 e. The summed E-state index contributed by atoms with van der Waals surface area (Å²) in [6, 6.07) is 3.53. The molecule has 2 N–H and O–H groups in total. The van der Waals surface area contributed by atoms with E-state index in [-0.39, 0.29) is 24.8 Å². The Balaban J connectivity index is 1.91. The van der Waals surface area contributed by atoms with Crippen LogP contribution in [0.3, 0.4) is 0 Å². The van der Waals surface area contributed by atoms with Crippen molar-refractivity contribution in [2.24, 2.45) is 11.3 Å². The highest BCUT2D eigenvalue weighted by Gasteiger charge is 2.38. The summed E-state index contributed by atoms with van der Waals surface area (Å²) in [6.45, 7) is 4.35. The maximum Gasteiger partial charge on any atom is 0.311 e. The van der Waals surface area contributed by atoms with E-state index < -0.39 is 17.3 Å².